The lowest BCUT2D eigenvalue weighted by atomic mass is 10.1. The van der Waals surface area contributed by atoms with Crippen molar-refractivity contribution in [2.24, 2.45) is 0 Å². The number of alkyl halides is 3. The maximum Gasteiger partial charge on any atom is 0.573 e. The zero-order valence-corrected chi connectivity index (χ0v) is 12.7. The normalized spacial score (nSPS) is 11.3. The van der Waals surface area contributed by atoms with Crippen LogP contribution in [-0.4, -0.2) is 17.3 Å². The van der Waals surface area contributed by atoms with Gasteiger partial charge in [-0.15, -0.1) is 13.2 Å². The molecule has 0 saturated carbocycles. The monoisotopic (exact) mass is 347 g/mol. The molecule has 3 N–H and O–H groups in total. The largest absolute Gasteiger partial charge is 0.573 e. The fourth-order valence-corrected chi connectivity index (χ4v) is 2.33. The molecule has 0 radical (unpaired) electrons. The first kappa shape index (κ1) is 16.6. The number of hydrogen-bond acceptors (Lipinski definition) is 4. The molecule has 0 atom stereocenters. The van der Waals surface area contributed by atoms with Gasteiger partial charge >= 0.3 is 6.36 Å². The molecule has 0 aliphatic rings. The van der Waals surface area contributed by atoms with Crippen LogP contribution in [0, 0.1) is 0 Å². The number of nitrogens with two attached hydrogens (primary N) is 1. The Hall–Kier alpha value is -3.29. The summed E-state index contributed by atoms with van der Waals surface area (Å²) < 4.78 is 40.8. The number of carbonyl (C=O) groups excluding carboxylic acids is 1. The maximum atomic E-state index is 12.4. The van der Waals surface area contributed by atoms with Crippen molar-refractivity contribution in [1.82, 2.24) is 4.98 Å². The quantitative estimate of drug-likeness (QED) is 0.703. The van der Waals surface area contributed by atoms with E-state index in [4.69, 9.17) is 5.73 Å². The molecule has 0 bridgehead atoms. The Bertz CT molecular complexity index is 937. The first-order valence-electron chi connectivity index (χ1n) is 7.13. The minimum absolute atomic E-state index is 0.0280. The van der Waals surface area contributed by atoms with Crippen LogP contribution in [0.15, 0.2) is 54.9 Å². The molecule has 1 amide bonds. The molecular formula is C17H12F3N3O2. The molecule has 1 aromatic heterocycles. The molecule has 3 rings (SSSR count). The second-order valence-electron chi connectivity index (χ2n) is 5.16. The van der Waals surface area contributed by atoms with Crippen LogP contribution < -0.4 is 15.8 Å². The highest BCUT2D eigenvalue weighted by Crippen LogP contribution is 2.27. The van der Waals surface area contributed by atoms with Gasteiger partial charge in [0.15, 0.2) is 0 Å². The number of hydrogen-bond donors (Lipinski definition) is 2. The Labute approximate surface area is 140 Å². The van der Waals surface area contributed by atoms with E-state index in [1.54, 1.807) is 18.3 Å². The predicted octanol–water partition coefficient (Wildman–Crippen LogP) is 3.97. The Kier molecular flexibility index (Phi) is 4.18. The zero-order chi connectivity index (χ0) is 18.0. The van der Waals surface area contributed by atoms with E-state index in [-0.39, 0.29) is 11.3 Å². The van der Waals surface area contributed by atoms with Gasteiger partial charge in [-0.2, -0.15) is 0 Å². The van der Waals surface area contributed by atoms with Crippen molar-refractivity contribution >= 4 is 28.1 Å². The summed E-state index contributed by atoms with van der Waals surface area (Å²) in [5.74, 6) is -1.19. The summed E-state index contributed by atoms with van der Waals surface area (Å²) in [5.41, 5.74) is 6.03. The fraction of sp³-hybridized carbons (Fsp3) is 0.0588. The van der Waals surface area contributed by atoms with Crippen molar-refractivity contribution in [2.45, 2.75) is 6.36 Å². The summed E-state index contributed by atoms with van der Waals surface area (Å²) >= 11 is 0. The highest BCUT2D eigenvalue weighted by atomic mass is 19.4. The SMILES string of the molecule is Nc1ccc(OC(F)(F)F)cc1C(=O)Nc1cncc2ccccc12. The van der Waals surface area contributed by atoms with Crippen molar-refractivity contribution in [3.8, 4) is 5.75 Å². The van der Waals surface area contributed by atoms with Crippen molar-refractivity contribution in [1.29, 1.82) is 0 Å². The van der Waals surface area contributed by atoms with E-state index in [1.165, 1.54) is 12.3 Å². The Morgan fingerprint density at radius 1 is 1.12 bits per heavy atom. The number of aromatic nitrogens is 1. The van der Waals surface area contributed by atoms with Crippen LogP contribution in [0.4, 0.5) is 24.5 Å². The van der Waals surface area contributed by atoms with E-state index >= 15 is 0 Å². The number of halogens is 3. The van der Waals surface area contributed by atoms with Crippen molar-refractivity contribution in [2.75, 3.05) is 11.1 Å². The number of nitrogens with zero attached hydrogens (tertiary/aromatic N) is 1. The number of nitrogens with one attached hydrogen (secondary N) is 1. The van der Waals surface area contributed by atoms with Crippen LogP contribution in [-0.2, 0) is 0 Å². The molecule has 128 valence electrons. The maximum absolute atomic E-state index is 12.4. The van der Waals surface area contributed by atoms with Crippen LogP contribution in [0.3, 0.4) is 0 Å². The van der Waals surface area contributed by atoms with Gasteiger partial charge in [0.2, 0.25) is 0 Å². The van der Waals surface area contributed by atoms with Gasteiger partial charge in [0, 0.05) is 22.7 Å². The standard InChI is InChI=1S/C17H12F3N3O2/c18-17(19,20)25-11-5-6-14(21)13(7-11)16(24)23-15-9-22-8-10-3-1-2-4-12(10)15/h1-9H,21H2,(H,23,24). The number of carbonyl (C=O) groups is 1. The van der Waals surface area contributed by atoms with Gasteiger partial charge in [0.1, 0.15) is 5.75 Å². The molecule has 0 unspecified atom stereocenters. The Balaban J connectivity index is 1.91. The van der Waals surface area contributed by atoms with E-state index in [9.17, 15) is 18.0 Å². The number of benzene rings is 2. The van der Waals surface area contributed by atoms with Gasteiger partial charge in [-0.1, -0.05) is 24.3 Å². The van der Waals surface area contributed by atoms with E-state index in [1.807, 2.05) is 12.1 Å². The minimum atomic E-state index is -4.86. The number of nitrogen functional groups attached to an aromatic ring is 1. The molecule has 0 aliphatic carbocycles. The van der Waals surface area contributed by atoms with Gasteiger partial charge in [-0.3, -0.25) is 9.78 Å². The molecule has 25 heavy (non-hydrogen) atoms. The summed E-state index contributed by atoms with van der Waals surface area (Å²) in [6.45, 7) is 0. The van der Waals surface area contributed by atoms with E-state index in [0.29, 0.717) is 5.69 Å². The third-order valence-electron chi connectivity index (χ3n) is 3.42. The molecule has 3 aromatic rings. The van der Waals surface area contributed by atoms with Crippen molar-refractivity contribution in [3.63, 3.8) is 0 Å². The molecule has 0 aliphatic heterocycles. The predicted molar refractivity (Wildman–Crippen MR) is 87.2 cm³/mol. The van der Waals surface area contributed by atoms with Crippen LogP contribution in [0.5, 0.6) is 5.75 Å². The molecule has 0 saturated heterocycles. The molecular weight excluding hydrogens is 335 g/mol. The van der Waals surface area contributed by atoms with Gasteiger partial charge in [-0.25, -0.2) is 0 Å². The summed E-state index contributed by atoms with van der Waals surface area (Å²) in [6.07, 6.45) is -1.77. The number of fused-ring (bicyclic) bond motifs is 1. The number of rotatable bonds is 3. The molecule has 5 nitrogen and oxygen atoms in total. The smallest absolute Gasteiger partial charge is 0.406 e. The number of anilines is 2. The van der Waals surface area contributed by atoms with E-state index in [2.05, 4.69) is 15.0 Å². The average molecular weight is 347 g/mol. The average Bonchev–Trinajstić information content (AvgIpc) is 2.55. The fourth-order valence-electron chi connectivity index (χ4n) is 2.33. The Morgan fingerprint density at radius 3 is 2.64 bits per heavy atom. The molecule has 1 heterocycles. The summed E-state index contributed by atoms with van der Waals surface area (Å²) in [7, 11) is 0. The lowest BCUT2D eigenvalue weighted by Gasteiger charge is -2.13. The molecule has 0 spiro atoms. The van der Waals surface area contributed by atoms with Crippen molar-refractivity contribution < 1.29 is 22.7 Å². The van der Waals surface area contributed by atoms with Crippen LogP contribution >= 0.6 is 0 Å². The molecule has 8 heteroatoms. The first-order valence-corrected chi connectivity index (χ1v) is 7.13. The number of pyridine rings is 1. The van der Waals surface area contributed by atoms with Gasteiger partial charge < -0.3 is 15.8 Å². The van der Waals surface area contributed by atoms with Gasteiger partial charge in [-0.05, 0) is 18.2 Å². The van der Waals surface area contributed by atoms with E-state index in [0.717, 1.165) is 22.9 Å². The lowest BCUT2D eigenvalue weighted by molar-refractivity contribution is -0.274. The summed E-state index contributed by atoms with van der Waals surface area (Å²) in [4.78, 5) is 16.5. The van der Waals surface area contributed by atoms with Crippen LogP contribution in [0.25, 0.3) is 10.8 Å². The van der Waals surface area contributed by atoms with Gasteiger partial charge in [0.25, 0.3) is 5.91 Å². The third-order valence-corrected chi connectivity index (χ3v) is 3.42. The van der Waals surface area contributed by atoms with Gasteiger partial charge in [0.05, 0.1) is 17.4 Å². The third kappa shape index (κ3) is 3.79. The molecule has 0 fully saturated rings. The number of amides is 1. The second-order valence-corrected chi connectivity index (χ2v) is 5.16. The van der Waals surface area contributed by atoms with E-state index < -0.39 is 18.0 Å². The van der Waals surface area contributed by atoms with Crippen LogP contribution in [0.2, 0.25) is 0 Å². The summed E-state index contributed by atoms with van der Waals surface area (Å²) in [5, 5.41) is 4.16. The topological polar surface area (TPSA) is 77.2 Å². The summed E-state index contributed by atoms with van der Waals surface area (Å²) in [6, 6.07) is 10.4. The minimum Gasteiger partial charge on any atom is -0.406 e. The highest BCUT2D eigenvalue weighted by molar-refractivity contribution is 6.11. The van der Waals surface area contributed by atoms with Crippen LogP contribution in [0.1, 0.15) is 10.4 Å². The first-order chi connectivity index (χ1) is 11.8. The molecule has 2 aromatic carbocycles. The van der Waals surface area contributed by atoms with Crippen molar-refractivity contribution in [3.05, 3.63) is 60.4 Å². The highest BCUT2D eigenvalue weighted by Gasteiger charge is 2.31. The zero-order valence-electron chi connectivity index (χ0n) is 12.7. The lowest BCUT2D eigenvalue weighted by Crippen LogP contribution is -2.19. The Morgan fingerprint density at radius 2 is 1.88 bits per heavy atom. The number of ether oxygens (including phenoxy) is 1. The second kappa shape index (κ2) is 6.31.